The minimum absolute atomic E-state index is 0.163. The number of para-hydroxylation sites is 2. The summed E-state index contributed by atoms with van der Waals surface area (Å²) in [5.74, 6) is 0.348. The molecule has 7 heteroatoms. The summed E-state index contributed by atoms with van der Waals surface area (Å²) in [5, 5.41) is 7.18. The van der Waals surface area contributed by atoms with Gasteiger partial charge in [0.2, 0.25) is 5.91 Å². The van der Waals surface area contributed by atoms with Crippen molar-refractivity contribution in [3.8, 4) is 11.3 Å². The Kier molecular flexibility index (Phi) is 4.72. The van der Waals surface area contributed by atoms with Crippen LogP contribution in [-0.2, 0) is 11.3 Å². The van der Waals surface area contributed by atoms with Crippen LogP contribution in [0.1, 0.15) is 18.8 Å². The smallest absolute Gasteiger partial charge is 0.267 e. The fraction of sp³-hybridized carbons (Fsp3) is 0.143. The highest BCUT2D eigenvalue weighted by Crippen LogP contribution is 2.16. The molecule has 1 atom stereocenters. The molecule has 0 fully saturated rings. The standard InChI is InChI=1S/C21H19N5O2/c1-14(21-23-17-9-5-6-10-18(17)24-21)22-19(27)13-26-20(28)12-11-16(25-26)15-7-3-2-4-8-15/h2-12,14H,13H2,1H3,(H,22,27)(H,23,24)/t14-/m0/s1. The van der Waals surface area contributed by atoms with E-state index >= 15 is 0 Å². The number of aromatic amines is 1. The van der Waals surface area contributed by atoms with Crippen molar-refractivity contribution < 1.29 is 4.79 Å². The van der Waals surface area contributed by atoms with Crippen LogP contribution in [0.4, 0.5) is 0 Å². The summed E-state index contributed by atoms with van der Waals surface area (Å²) in [5.41, 5.74) is 2.94. The fourth-order valence-corrected chi connectivity index (χ4v) is 2.99. The van der Waals surface area contributed by atoms with Gasteiger partial charge in [0.05, 0.1) is 22.8 Å². The fourth-order valence-electron chi connectivity index (χ4n) is 2.99. The Bertz CT molecular complexity index is 1150. The average molecular weight is 373 g/mol. The van der Waals surface area contributed by atoms with Crippen LogP contribution < -0.4 is 10.9 Å². The molecule has 0 bridgehead atoms. The number of hydrogen-bond donors (Lipinski definition) is 2. The predicted molar refractivity (Wildman–Crippen MR) is 107 cm³/mol. The summed E-state index contributed by atoms with van der Waals surface area (Å²) in [4.78, 5) is 32.3. The summed E-state index contributed by atoms with van der Waals surface area (Å²) in [7, 11) is 0. The van der Waals surface area contributed by atoms with E-state index in [0.29, 0.717) is 11.5 Å². The molecule has 7 nitrogen and oxygen atoms in total. The van der Waals surface area contributed by atoms with Crippen LogP contribution in [0.2, 0.25) is 0 Å². The normalized spacial score (nSPS) is 12.0. The second-order valence-electron chi connectivity index (χ2n) is 6.51. The maximum absolute atomic E-state index is 12.5. The summed E-state index contributed by atoms with van der Waals surface area (Å²) >= 11 is 0. The molecule has 0 unspecified atom stereocenters. The topological polar surface area (TPSA) is 92.7 Å². The lowest BCUT2D eigenvalue weighted by Crippen LogP contribution is -2.35. The Balaban J connectivity index is 1.49. The Morgan fingerprint density at radius 1 is 1.07 bits per heavy atom. The van der Waals surface area contributed by atoms with E-state index in [1.807, 2.05) is 61.5 Å². The molecule has 2 aromatic heterocycles. The van der Waals surface area contributed by atoms with Crippen molar-refractivity contribution in [1.82, 2.24) is 25.1 Å². The number of amides is 1. The van der Waals surface area contributed by atoms with Gasteiger partial charge >= 0.3 is 0 Å². The third kappa shape index (κ3) is 3.68. The van der Waals surface area contributed by atoms with Gasteiger partial charge in [0.25, 0.3) is 5.56 Å². The number of hydrogen-bond acceptors (Lipinski definition) is 4. The molecular weight excluding hydrogens is 354 g/mol. The van der Waals surface area contributed by atoms with Gasteiger partial charge in [-0.25, -0.2) is 9.67 Å². The van der Waals surface area contributed by atoms with Crippen LogP contribution in [-0.4, -0.2) is 25.7 Å². The Labute approximate surface area is 161 Å². The van der Waals surface area contributed by atoms with E-state index in [-0.39, 0.29) is 24.1 Å². The van der Waals surface area contributed by atoms with Crippen molar-refractivity contribution in [2.24, 2.45) is 0 Å². The van der Waals surface area contributed by atoms with Crippen LogP contribution in [0.5, 0.6) is 0 Å². The maximum Gasteiger partial charge on any atom is 0.267 e. The first-order chi connectivity index (χ1) is 13.6. The number of rotatable bonds is 5. The number of nitrogens with zero attached hydrogens (tertiary/aromatic N) is 3. The molecule has 0 aliphatic rings. The first-order valence-corrected chi connectivity index (χ1v) is 8.98. The van der Waals surface area contributed by atoms with E-state index in [0.717, 1.165) is 16.6 Å². The van der Waals surface area contributed by atoms with Gasteiger partial charge in [-0.15, -0.1) is 0 Å². The lowest BCUT2D eigenvalue weighted by Gasteiger charge is -2.12. The van der Waals surface area contributed by atoms with E-state index in [1.54, 1.807) is 6.07 Å². The van der Waals surface area contributed by atoms with Gasteiger partial charge in [0.1, 0.15) is 12.4 Å². The summed E-state index contributed by atoms with van der Waals surface area (Å²) in [6.07, 6.45) is 0. The van der Waals surface area contributed by atoms with Gasteiger partial charge in [0, 0.05) is 11.6 Å². The number of nitrogens with one attached hydrogen (secondary N) is 2. The van der Waals surface area contributed by atoms with Crippen LogP contribution >= 0.6 is 0 Å². The first kappa shape index (κ1) is 17.7. The van der Waals surface area contributed by atoms with E-state index in [1.165, 1.54) is 10.7 Å². The van der Waals surface area contributed by atoms with Crippen LogP contribution in [0.25, 0.3) is 22.3 Å². The number of imidazole rings is 1. The van der Waals surface area contributed by atoms with Crippen LogP contribution in [0.3, 0.4) is 0 Å². The van der Waals surface area contributed by atoms with Crippen molar-refractivity contribution in [2.45, 2.75) is 19.5 Å². The molecule has 140 valence electrons. The Morgan fingerprint density at radius 2 is 1.82 bits per heavy atom. The predicted octanol–water partition coefficient (Wildman–Crippen LogP) is 2.66. The number of H-pyrrole nitrogens is 1. The molecule has 28 heavy (non-hydrogen) atoms. The molecular formula is C21H19N5O2. The number of carbonyl (C=O) groups is 1. The second-order valence-corrected chi connectivity index (χ2v) is 6.51. The van der Waals surface area contributed by atoms with Gasteiger partial charge in [-0.2, -0.15) is 5.10 Å². The highest BCUT2D eigenvalue weighted by molar-refractivity contribution is 5.77. The lowest BCUT2D eigenvalue weighted by atomic mass is 10.1. The number of benzene rings is 2. The van der Waals surface area contributed by atoms with Crippen molar-refractivity contribution in [3.63, 3.8) is 0 Å². The third-order valence-corrected chi connectivity index (χ3v) is 4.42. The van der Waals surface area contributed by atoms with E-state index < -0.39 is 0 Å². The Hall–Kier alpha value is -3.74. The van der Waals surface area contributed by atoms with Gasteiger partial charge < -0.3 is 10.3 Å². The highest BCUT2D eigenvalue weighted by Gasteiger charge is 2.15. The molecule has 2 N–H and O–H groups in total. The first-order valence-electron chi connectivity index (χ1n) is 8.98. The molecule has 0 saturated carbocycles. The zero-order valence-corrected chi connectivity index (χ0v) is 15.3. The molecule has 4 rings (SSSR count). The monoisotopic (exact) mass is 373 g/mol. The van der Waals surface area contributed by atoms with Crippen LogP contribution in [0, 0.1) is 0 Å². The SMILES string of the molecule is C[C@H](NC(=O)Cn1nc(-c2ccccc2)ccc1=O)c1nc2ccccc2[nH]1. The quantitative estimate of drug-likeness (QED) is 0.562. The summed E-state index contributed by atoms with van der Waals surface area (Å²) < 4.78 is 1.17. The van der Waals surface area contributed by atoms with E-state index in [4.69, 9.17) is 0 Å². The molecule has 0 radical (unpaired) electrons. The Morgan fingerprint density at radius 3 is 2.61 bits per heavy atom. The van der Waals surface area contributed by atoms with E-state index in [9.17, 15) is 9.59 Å². The van der Waals surface area contributed by atoms with Crippen molar-refractivity contribution in [1.29, 1.82) is 0 Å². The third-order valence-electron chi connectivity index (χ3n) is 4.42. The summed E-state index contributed by atoms with van der Waals surface area (Å²) in [6.45, 7) is 1.68. The molecule has 0 saturated heterocycles. The number of fused-ring (bicyclic) bond motifs is 1. The van der Waals surface area contributed by atoms with Crippen molar-refractivity contribution >= 4 is 16.9 Å². The molecule has 0 aliphatic carbocycles. The molecule has 0 aliphatic heterocycles. The van der Waals surface area contributed by atoms with Crippen molar-refractivity contribution in [3.05, 3.63) is 82.9 Å². The summed E-state index contributed by atoms with van der Waals surface area (Å²) in [6, 6.07) is 19.9. The lowest BCUT2D eigenvalue weighted by molar-refractivity contribution is -0.122. The van der Waals surface area contributed by atoms with Gasteiger partial charge in [-0.3, -0.25) is 9.59 Å². The molecule has 2 aromatic carbocycles. The molecule has 2 heterocycles. The number of aromatic nitrogens is 4. The largest absolute Gasteiger partial charge is 0.345 e. The highest BCUT2D eigenvalue weighted by atomic mass is 16.2. The van der Waals surface area contributed by atoms with Gasteiger partial charge in [0.15, 0.2) is 0 Å². The van der Waals surface area contributed by atoms with Crippen LogP contribution in [0.15, 0.2) is 71.5 Å². The maximum atomic E-state index is 12.5. The van der Waals surface area contributed by atoms with Gasteiger partial charge in [-0.1, -0.05) is 42.5 Å². The number of carbonyl (C=O) groups excluding carboxylic acids is 1. The second kappa shape index (κ2) is 7.48. The molecule has 0 spiro atoms. The van der Waals surface area contributed by atoms with Gasteiger partial charge in [-0.05, 0) is 25.1 Å². The zero-order valence-electron chi connectivity index (χ0n) is 15.3. The molecule has 1 amide bonds. The molecule has 4 aromatic rings. The zero-order chi connectivity index (χ0) is 19.5. The minimum atomic E-state index is -0.328. The minimum Gasteiger partial charge on any atom is -0.345 e. The van der Waals surface area contributed by atoms with E-state index in [2.05, 4.69) is 20.4 Å². The van der Waals surface area contributed by atoms with Crippen molar-refractivity contribution in [2.75, 3.05) is 0 Å². The average Bonchev–Trinajstić information content (AvgIpc) is 3.15.